The Balaban J connectivity index is 3.02. The van der Waals surface area contributed by atoms with Gasteiger partial charge in [0.05, 0.1) is 0 Å². The largest absolute Gasteiger partial charge is 0.465 e. The van der Waals surface area contributed by atoms with Crippen LogP contribution >= 0.6 is 0 Å². The van der Waals surface area contributed by atoms with Crippen LogP contribution in [-0.2, 0) is 0 Å². The van der Waals surface area contributed by atoms with Crippen LogP contribution in [0.25, 0.3) is 0 Å². The fourth-order valence-electron chi connectivity index (χ4n) is 4.76. The third-order valence-corrected chi connectivity index (χ3v) is 6.98. The number of carboxylic acid groups (broad SMARTS) is 1. The van der Waals surface area contributed by atoms with Crippen molar-refractivity contribution in [3.05, 3.63) is 0 Å². The second kappa shape index (κ2) is 27.5. The first-order valence-electron chi connectivity index (χ1n) is 15.1. The lowest BCUT2D eigenvalue weighted by Gasteiger charge is -2.05. The van der Waals surface area contributed by atoms with E-state index in [9.17, 15) is 4.79 Å². The summed E-state index contributed by atoms with van der Waals surface area (Å²) in [5, 5.41) is 10.9. The molecule has 33 heavy (non-hydrogen) atoms. The summed E-state index contributed by atoms with van der Waals surface area (Å²) < 4.78 is 0. The molecule has 0 spiro atoms. The van der Waals surface area contributed by atoms with Gasteiger partial charge in [0, 0.05) is 6.54 Å². The van der Waals surface area contributed by atoms with Crippen LogP contribution in [0.3, 0.4) is 0 Å². The number of rotatable bonds is 27. The first-order valence-corrected chi connectivity index (χ1v) is 15.1. The van der Waals surface area contributed by atoms with Gasteiger partial charge in [0.15, 0.2) is 0 Å². The van der Waals surface area contributed by atoms with Crippen molar-refractivity contribution >= 4 is 6.09 Å². The molecule has 2 N–H and O–H groups in total. The molecule has 0 aliphatic rings. The molecule has 0 aromatic rings. The molecule has 0 aromatic heterocycles. The Hall–Kier alpha value is -0.730. The second-order valence-corrected chi connectivity index (χ2v) is 10.9. The highest BCUT2D eigenvalue weighted by Gasteiger charge is 1.97. The van der Waals surface area contributed by atoms with E-state index in [1.807, 2.05) is 0 Å². The van der Waals surface area contributed by atoms with Crippen molar-refractivity contribution in [3.63, 3.8) is 0 Å². The Kier molecular flexibility index (Phi) is 26.9. The molecule has 0 saturated heterocycles. The average molecular weight is 468 g/mol. The van der Waals surface area contributed by atoms with Crippen molar-refractivity contribution in [2.45, 2.75) is 174 Å². The van der Waals surface area contributed by atoms with Gasteiger partial charge in [0.2, 0.25) is 0 Å². The van der Waals surface area contributed by atoms with E-state index in [1.54, 1.807) is 0 Å². The lowest BCUT2D eigenvalue weighted by molar-refractivity contribution is 0.194. The molecule has 198 valence electrons. The maximum Gasteiger partial charge on any atom is 0.404 e. The van der Waals surface area contributed by atoms with Crippen LogP contribution < -0.4 is 5.32 Å². The third kappa shape index (κ3) is 31.3. The second-order valence-electron chi connectivity index (χ2n) is 10.9. The molecule has 0 saturated carbocycles. The Morgan fingerprint density at radius 2 is 0.727 bits per heavy atom. The highest BCUT2D eigenvalue weighted by atomic mass is 16.4. The Morgan fingerprint density at radius 1 is 0.485 bits per heavy atom. The summed E-state index contributed by atoms with van der Waals surface area (Å²) in [4.78, 5) is 10.3. The smallest absolute Gasteiger partial charge is 0.404 e. The summed E-state index contributed by atoms with van der Waals surface area (Å²) >= 11 is 0. The molecule has 3 heteroatoms. The highest BCUT2D eigenvalue weighted by Crippen LogP contribution is 2.16. The monoisotopic (exact) mass is 467 g/mol. The summed E-state index contributed by atoms with van der Waals surface area (Å²) in [6.45, 7) is 5.28. The predicted octanol–water partition coefficient (Wildman–Crippen LogP) is 10.7. The van der Waals surface area contributed by atoms with Gasteiger partial charge in [-0.3, -0.25) is 0 Å². The van der Waals surface area contributed by atoms with Gasteiger partial charge in [0.1, 0.15) is 0 Å². The summed E-state index contributed by atoms with van der Waals surface area (Å²) in [5.74, 6) is 0.885. The number of carbonyl (C=O) groups is 1. The van der Waals surface area contributed by atoms with Crippen LogP contribution in [0, 0.1) is 5.92 Å². The van der Waals surface area contributed by atoms with Gasteiger partial charge >= 0.3 is 6.09 Å². The van der Waals surface area contributed by atoms with Crippen LogP contribution in [0.1, 0.15) is 174 Å². The van der Waals surface area contributed by atoms with Crippen molar-refractivity contribution in [3.8, 4) is 0 Å². The number of hydrogen-bond acceptors (Lipinski definition) is 1. The topological polar surface area (TPSA) is 49.3 Å². The van der Waals surface area contributed by atoms with Crippen LogP contribution in [0.5, 0.6) is 0 Å². The fraction of sp³-hybridized carbons (Fsp3) is 0.967. The minimum atomic E-state index is -0.899. The highest BCUT2D eigenvalue weighted by molar-refractivity contribution is 5.64. The van der Waals surface area contributed by atoms with E-state index >= 15 is 0 Å². The maximum absolute atomic E-state index is 10.3. The van der Waals surface area contributed by atoms with E-state index in [0.29, 0.717) is 6.54 Å². The molecule has 1 amide bonds. The molecule has 0 fully saturated rings. The van der Waals surface area contributed by atoms with Crippen LogP contribution in [0.15, 0.2) is 0 Å². The van der Waals surface area contributed by atoms with E-state index in [-0.39, 0.29) is 0 Å². The van der Waals surface area contributed by atoms with Gasteiger partial charge in [-0.15, -0.1) is 0 Å². The number of amides is 1. The fourth-order valence-corrected chi connectivity index (χ4v) is 4.76. The Bertz CT molecular complexity index is 383. The molecule has 0 aromatic carbocycles. The summed E-state index contributed by atoms with van der Waals surface area (Å²) in [5.41, 5.74) is 0. The molecule has 0 unspecified atom stereocenters. The van der Waals surface area contributed by atoms with Crippen molar-refractivity contribution in [2.75, 3.05) is 6.54 Å². The van der Waals surface area contributed by atoms with Crippen LogP contribution in [0.2, 0.25) is 0 Å². The lowest BCUT2D eigenvalue weighted by atomic mass is 10.0. The third-order valence-electron chi connectivity index (χ3n) is 6.98. The molecular weight excluding hydrogens is 406 g/mol. The Labute approximate surface area is 208 Å². The zero-order chi connectivity index (χ0) is 24.2. The van der Waals surface area contributed by atoms with Crippen molar-refractivity contribution in [2.24, 2.45) is 5.92 Å². The van der Waals surface area contributed by atoms with Crippen molar-refractivity contribution < 1.29 is 9.90 Å². The number of nitrogens with one attached hydrogen (secondary N) is 1. The van der Waals surface area contributed by atoms with Crippen LogP contribution in [-0.4, -0.2) is 17.7 Å². The minimum Gasteiger partial charge on any atom is -0.465 e. The van der Waals surface area contributed by atoms with E-state index < -0.39 is 6.09 Å². The molecule has 0 aliphatic carbocycles. The quantitative estimate of drug-likeness (QED) is 0.118. The molecule has 3 nitrogen and oxygen atoms in total. The van der Waals surface area contributed by atoms with Gasteiger partial charge in [-0.25, -0.2) is 4.79 Å². The first kappa shape index (κ1) is 32.3. The molecule has 0 atom stereocenters. The molecule has 0 aliphatic heterocycles. The molecule has 0 radical (unpaired) electrons. The zero-order valence-corrected chi connectivity index (χ0v) is 22.8. The van der Waals surface area contributed by atoms with Gasteiger partial charge in [-0.2, -0.15) is 0 Å². The zero-order valence-electron chi connectivity index (χ0n) is 22.8. The predicted molar refractivity (Wildman–Crippen MR) is 146 cm³/mol. The van der Waals surface area contributed by atoms with Gasteiger partial charge < -0.3 is 10.4 Å². The molecule has 0 heterocycles. The number of unbranched alkanes of at least 4 members (excludes halogenated alkanes) is 23. The average Bonchev–Trinajstić information content (AvgIpc) is 2.78. The SMILES string of the molecule is CC(C)CCCCCCCCCCCCCCCCCCCCCCCCCCNC(=O)O. The molecule has 0 bridgehead atoms. The first-order chi connectivity index (χ1) is 16.1. The molecule has 0 rings (SSSR count). The number of hydrogen-bond donors (Lipinski definition) is 2. The van der Waals surface area contributed by atoms with Gasteiger partial charge in [0.25, 0.3) is 0 Å². The van der Waals surface area contributed by atoms with E-state index in [1.165, 1.54) is 148 Å². The van der Waals surface area contributed by atoms with E-state index in [0.717, 1.165) is 18.8 Å². The van der Waals surface area contributed by atoms with Crippen molar-refractivity contribution in [1.29, 1.82) is 0 Å². The van der Waals surface area contributed by atoms with Gasteiger partial charge in [-0.1, -0.05) is 168 Å². The van der Waals surface area contributed by atoms with Crippen molar-refractivity contribution in [1.82, 2.24) is 5.32 Å². The minimum absolute atomic E-state index is 0.605. The summed E-state index contributed by atoms with van der Waals surface area (Å²) in [6, 6.07) is 0. The summed E-state index contributed by atoms with van der Waals surface area (Å²) in [6.07, 6.45) is 34.1. The summed E-state index contributed by atoms with van der Waals surface area (Å²) in [7, 11) is 0. The van der Waals surface area contributed by atoms with Crippen LogP contribution in [0.4, 0.5) is 4.79 Å². The Morgan fingerprint density at radius 3 is 0.970 bits per heavy atom. The van der Waals surface area contributed by atoms with E-state index in [2.05, 4.69) is 19.2 Å². The normalized spacial score (nSPS) is 11.4. The lowest BCUT2D eigenvalue weighted by Crippen LogP contribution is -2.21. The molecular formula is C30H61NO2. The standard InChI is InChI=1S/C30H61NO2/c1-29(2)27-25-23-21-19-17-15-13-11-9-7-5-3-4-6-8-10-12-14-16-18-20-22-24-26-28-31-30(32)33/h29,31H,3-28H2,1-2H3,(H,32,33). The van der Waals surface area contributed by atoms with E-state index in [4.69, 9.17) is 5.11 Å². The maximum atomic E-state index is 10.3. The van der Waals surface area contributed by atoms with Gasteiger partial charge in [-0.05, 0) is 12.3 Å².